The van der Waals surface area contributed by atoms with Crippen LogP contribution < -0.4 is 10.1 Å². The number of aliphatic hydroxyl groups excluding tert-OH is 1. The second kappa shape index (κ2) is 7.36. The second-order valence-corrected chi connectivity index (χ2v) is 5.07. The Hall–Kier alpha value is -1.26. The van der Waals surface area contributed by atoms with Gasteiger partial charge in [0.25, 0.3) is 0 Å². The zero-order chi connectivity index (χ0) is 14.4. The lowest BCUT2D eigenvalue weighted by molar-refractivity contribution is -0.118. The number of halogens is 1. The highest BCUT2D eigenvalue weighted by atomic mass is 35.5. The van der Waals surface area contributed by atoms with Crippen LogP contribution in [0.4, 0.5) is 5.69 Å². The number of hydrogen-bond acceptors (Lipinski definition) is 3. The average molecular weight is 286 g/mol. The Labute approximate surface area is 118 Å². The summed E-state index contributed by atoms with van der Waals surface area (Å²) >= 11 is 5.88. The number of anilines is 1. The van der Waals surface area contributed by atoms with Crippen LogP contribution in [0.1, 0.15) is 27.2 Å². The molecule has 1 amide bonds. The van der Waals surface area contributed by atoms with Crippen molar-refractivity contribution in [3.63, 3.8) is 0 Å². The molecule has 1 atom stereocenters. The third kappa shape index (κ3) is 5.09. The van der Waals surface area contributed by atoms with Gasteiger partial charge >= 0.3 is 0 Å². The standard InChI is InChI=1S/C14H20ClNO3/c1-4-19-13-7-10(15)5-6-11(13)16-14(18)8-12(17)9(2)3/h5-7,9,12,17H,4,8H2,1-3H3,(H,16,18). The van der Waals surface area contributed by atoms with Crippen molar-refractivity contribution in [3.05, 3.63) is 23.2 Å². The van der Waals surface area contributed by atoms with Gasteiger partial charge in [-0.15, -0.1) is 0 Å². The molecule has 1 rings (SSSR count). The molecule has 2 N–H and O–H groups in total. The Balaban J connectivity index is 2.73. The molecular formula is C14H20ClNO3. The van der Waals surface area contributed by atoms with E-state index in [-0.39, 0.29) is 18.2 Å². The molecule has 19 heavy (non-hydrogen) atoms. The van der Waals surface area contributed by atoms with Crippen LogP contribution in [-0.4, -0.2) is 23.7 Å². The predicted molar refractivity (Wildman–Crippen MR) is 76.7 cm³/mol. The number of hydrogen-bond donors (Lipinski definition) is 2. The molecule has 0 heterocycles. The van der Waals surface area contributed by atoms with Gasteiger partial charge in [-0.1, -0.05) is 25.4 Å². The molecule has 5 heteroatoms. The summed E-state index contributed by atoms with van der Waals surface area (Å²) in [6.07, 6.45) is -0.589. The van der Waals surface area contributed by atoms with Gasteiger partial charge < -0.3 is 15.2 Å². The molecule has 0 bridgehead atoms. The van der Waals surface area contributed by atoms with Crippen LogP contribution >= 0.6 is 11.6 Å². The zero-order valence-corrected chi connectivity index (χ0v) is 12.2. The van der Waals surface area contributed by atoms with Crippen LogP contribution in [0.25, 0.3) is 0 Å². The molecule has 0 aliphatic carbocycles. The van der Waals surface area contributed by atoms with Crippen molar-refractivity contribution < 1.29 is 14.6 Å². The lowest BCUT2D eigenvalue weighted by Crippen LogP contribution is -2.23. The first-order chi connectivity index (χ1) is 8.93. The summed E-state index contributed by atoms with van der Waals surface area (Å²) in [4.78, 5) is 11.8. The summed E-state index contributed by atoms with van der Waals surface area (Å²) < 4.78 is 5.41. The van der Waals surface area contributed by atoms with E-state index in [0.29, 0.717) is 23.1 Å². The van der Waals surface area contributed by atoms with Crippen molar-refractivity contribution >= 4 is 23.2 Å². The normalized spacial score (nSPS) is 12.3. The van der Waals surface area contributed by atoms with E-state index >= 15 is 0 Å². The molecule has 0 aliphatic heterocycles. The highest BCUT2D eigenvalue weighted by Gasteiger charge is 2.15. The van der Waals surface area contributed by atoms with Crippen LogP contribution in [0, 0.1) is 5.92 Å². The molecule has 0 aromatic heterocycles. The molecule has 0 saturated heterocycles. The number of carbonyl (C=O) groups is 1. The lowest BCUT2D eigenvalue weighted by atomic mass is 10.0. The SMILES string of the molecule is CCOc1cc(Cl)ccc1NC(=O)CC(O)C(C)C. The quantitative estimate of drug-likeness (QED) is 0.844. The number of benzene rings is 1. The summed E-state index contributed by atoms with van der Waals surface area (Å²) in [6, 6.07) is 5.02. The molecule has 1 unspecified atom stereocenters. The molecule has 0 fully saturated rings. The molecular weight excluding hydrogens is 266 g/mol. The van der Waals surface area contributed by atoms with Gasteiger partial charge in [0.05, 0.1) is 24.8 Å². The summed E-state index contributed by atoms with van der Waals surface area (Å²) in [5.41, 5.74) is 0.562. The van der Waals surface area contributed by atoms with E-state index in [1.165, 1.54) is 0 Å². The first-order valence-electron chi connectivity index (χ1n) is 6.34. The van der Waals surface area contributed by atoms with Crippen molar-refractivity contribution in [3.8, 4) is 5.75 Å². The molecule has 1 aromatic rings. The molecule has 4 nitrogen and oxygen atoms in total. The van der Waals surface area contributed by atoms with E-state index < -0.39 is 6.10 Å². The molecule has 0 radical (unpaired) electrons. The lowest BCUT2D eigenvalue weighted by Gasteiger charge is -2.15. The highest BCUT2D eigenvalue weighted by molar-refractivity contribution is 6.30. The summed E-state index contributed by atoms with van der Waals surface area (Å²) in [5, 5.41) is 12.9. The first kappa shape index (κ1) is 15.8. The van der Waals surface area contributed by atoms with Gasteiger partial charge in [0.2, 0.25) is 5.91 Å². The maximum absolute atomic E-state index is 11.8. The van der Waals surface area contributed by atoms with Crippen LogP contribution in [0.5, 0.6) is 5.75 Å². The van der Waals surface area contributed by atoms with Crippen molar-refractivity contribution in [2.75, 3.05) is 11.9 Å². The monoisotopic (exact) mass is 285 g/mol. The van der Waals surface area contributed by atoms with Gasteiger partial charge in [0, 0.05) is 11.1 Å². The van der Waals surface area contributed by atoms with Gasteiger partial charge in [-0.25, -0.2) is 0 Å². The Bertz CT molecular complexity index is 435. The molecule has 0 aliphatic rings. The minimum absolute atomic E-state index is 0.0438. The topological polar surface area (TPSA) is 58.6 Å². The van der Waals surface area contributed by atoms with Crippen LogP contribution in [0.15, 0.2) is 18.2 Å². The molecule has 106 valence electrons. The number of aliphatic hydroxyl groups is 1. The van der Waals surface area contributed by atoms with E-state index in [2.05, 4.69) is 5.32 Å². The van der Waals surface area contributed by atoms with Crippen LogP contribution in [0.3, 0.4) is 0 Å². The first-order valence-corrected chi connectivity index (χ1v) is 6.72. The highest BCUT2D eigenvalue weighted by Crippen LogP contribution is 2.28. The third-order valence-electron chi connectivity index (χ3n) is 2.68. The van der Waals surface area contributed by atoms with Crippen molar-refractivity contribution in [2.24, 2.45) is 5.92 Å². The maximum Gasteiger partial charge on any atom is 0.227 e. The van der Waals surface area contributed by atoms with Gasteiger partial charge in [0.1, 0.15) is 5.75 Å². The van der Waals surface area contributed by atoms with Crippen LogP contribution in [0.2, 0.25) is 5.02 Å². The molecule has 0 spiro atoms. The fraction of sp³-hybridized carbons (Fsp3) is 0.500. The van der Waals surface area contributed by atoms with Gasteiger partial charge in [0.15, 0.2) is 0 Å². The Morgan fingerprint density at radius 3 is 2.74 bits per heavy atom. The van der Waals surface area contributed by atoms with Gasteiger partial charge in [-0.05, 0) is 25.0 Å². The minimum Gasteiger partial charge on any atom is -0.492 e. The molecule has 1 aromatic carbocycles. The Morgan fingerprint density at radius 1 is 1.47 bits per heavy atom. The van der Waals surface area contributed by atoms with Gasteiger partial charge in [-0.3, -0.25) is 4.79 Å². The largest absolute Gasteiger partial charge is 0.492 e. The Morgan fingerprint density at radius 2 is 2.16 bits per heavy atom. The zero-order valence-electron chi connectivity index (χ0n) is 11.4. The van der Waals surface area contributed by atoms with E-state index in [1.54, 1.807) is 18.2 Å². The maximum atomic E-state index is 11.8. The summed E-state index contributed by atoms with van der Waals surface area (Å²) in [6.45, 7) is 6.07. The number of carbonyl (C=O) groups excluding carboxylic acids is 1. The smallest absolute Gasteiger partial charge is 0.227 e. The van der Waals surface area contributed by atoms with Crippen molar-refractivity contribution in [1.29, 1.82) is 0 Å². The summed E-state index contributed by atoms with van der Waals surface area (Å²) in [5.74, 6) is 0.328. The van der Waals surface area contributed by atoms with Crippen molar-refractivity contribution in [2.45, 2.75) is 33.3 Å². The fourth-order valence-corrected chi connectivity index (χ4v) is 1.66. The van der Waals surface area contributed by atoms with Crippen LogP contribution in [-0.2, 0) is 4.79 Å². The minimum atomic E-state index is -0.650. The van der Waals surface area contributed by atoms with Gasteiger partial charge in [-0.2, -0.15) is 0 Å². The Kier molecular flexibility index (Phi) is 6.12. The van der Waals surface area contributed by atoms with E-state index in [4.69, 9.17) is 16.3 Å². The number of nitrogens with one attached hydrogen (secondary N) is 1. The van der Waals surface area contributed by atoms with E-state index in [9.17, 15) is 9.90 Å². The predicted octanol–water partition coefficient (Wildman–Crippen LogP) is 3.08. The number of amides is 1. The fourth-order valence-electron chi connectivity index (χ4n) is 1.50. The summed E-state index contributed by atoms with van der Waals surface area (Å²) in [7, 11) is 0. The number of rotatable bonds is 6. The van der Waals surface area contributed by atoms with Crippen molar-refractivity contribution in [1.82, 2.24) is 0 Å². The second-order valence-electron chi connectivity index (χ2n) is 4.64. The number of ether oxygens (including phenoxy) is 1. The van der Waals surface area contributed by atoms with E-state index in [1.807, 2.05) is 20.8 Å². The van der Waals surface area contributed by atoms with E-state index in [0.717, 1.165) is 0 Å². The molecule has 0 saturated carbocycles. The average Bonchev–Trinajstić information content (AvgIpc) is 2.32. The third-order valence-corrected chi connectivity index (χ3v) is 2.92.